The van der Waals surface area contributed by atoms with Gasteiger partial charge >= 0.3 is 0 Å². The maximum atomic E-state index is 13.4. The van der Waals surface area contributed by atoms with Gasteiger partial charge < -0.3 is 5.73 Å². The van der Waals surface area contributed by atoms with Gasteiger partial charge in [-0.15, -0.1) is 0 Å². The maximum Gasteiger partial charge on any atom is 0.168 e. The number of benzene rings is 1. The predicted octanol–water partition coefficient (Wildman–Crippen LogP) is 2.40. The monoisotopic (exact) mass is 194 g/mol. The molecule has 0 amide bonds. The van der Waals surface area contributed by atoms with Crippen molar-refractivity contribution in [1.29, 1.82) is 0 Å². The quantitative estimate of drug-likeness (QED) is 0.654. The van der Waals surface area contributed by atoms with Gasteiger partial charge in [0, 0.05) is 17.6 Å². The number of aromatic nitrogens is 1. The number of anilines is 1. The highest BCUT2D eigenvalue weighted by Crippen LogP contribution is 2.26. The van der Waals surface area contributed by atoms with Crippen LogP contribution in [-0.4, -0.2) is 4.98 Å². The zero-order chi connectivity index (χ0) is 10.3. The summed E-state index contributed by atoms with van der Waals surface area (Å²) < 4.78 is 26.4. The highest BCUT2D eigenvalue weighted by molar-refractivity contribution is 5.91. The van der Waals surface area contributed by atoms with E-state index >= 15 is 0 Å². The Labute approximate surface area is 79.4 Å². The minimum absolute atomic E-state index is 0.155. The second kappa shape index (κ2) is 2.90. The van der Waals surface area contributed by atoms with Gasteiger partial charge in [-0.2, -0.15) is 0 Å². The molecule has 0 aliphatic rings. The van der Waals surface area contributed by atoms with Crippen molar-refractivity contribution in [2.75, 3.05) is 5.73 Å². The van der Waals surface area contributed by atoms with Crippen LogP contribution in [-0.2, 0) is 0 Å². The topological polar surface area (TPSA) is 38.9 Å². The molecule has 0 atom stereocenters. The normalized spacial score (nSPS) is 10.8. The van der Waals surface area contributed by atoms with Gasteiger partial charge in [0.1, 0.15) is 0 Å². The van der Waals surface area contributed by atoms with Crippen LogP contribution in [0.3, 0.4) is 0 Å². The third kappa shape index (κ3) is 1.11. The van der Waals surface area contributed by atoms with Gasteiger partial charge in [0.05, 0.1) is 11.2 Å². The fraction of sp³-hybridized carbons (Fsp3) is 0.100. The molecule has 2 aromatic rings. The Bertz CT molecular complexity index is 509. The average Bonchev–Trinajstić information content (AvgIpc) is 2.14. The molecule has 0 saturated carbocycles. The van der Waals surface area contributed by atoms with E-state index in [1.807, 2.05) is 0 Å². The number of nitrogen functional groups attached to an aromatic ring is 1. The van der Waals surface area contributed by atoms with Gasteiger partial charge in [0.15, 0.2) is 11.6 Å². The standard InChI is InChI=1S/C10H8F2N2/c1-5-2-3-14-10-7(13)4-6(11)9(12)8(5)10/h2-4H,13H2,1H3. The lowest BCUT2D eigenvalue weighted by atomic mass is 10.1. The molecular formula is C10H8F2N2. The summed E-state index contributed by atoms with van der Waals surface area (Å²) in [5.41, 5.74) is 6.61. The summed E-state index contributed by atoms with van der Waals surface area (Å²) in [6, 6.07) is 2.56. The minimum Gasteiger partial charge on any atom is -0.397 e. The van der Waals surface area contributed by atoms with E-state index < -0.39 is 11.6 Å². The summed E-state index contributed by atoms with van der Waals surface area (Å²) in [5, 5.41) is 0.157. The van der Waals surface area contributed by atoms with Crippen LogP contribution in [0.2, 0.25) is 0 Å². The molecule has 0 radical (unpaired) electrons. The number of hydrogen-bond donors (Lipinski definition) is 1. The zero-order valence-corrected chi connectivity index (χ0v) is 7.51. The van der Waals surface area contributed by atoms with E-state index in [4.69, 9.17) is 5.73 Å². The SMILES string of the molecule is Cc1ccnc2c(N)cc(F)c(F)c12. The van der Waals surface area contributed by atoms with Crippen LogP contribution in [0.4, 0.5) is 14.5 Å². The van der Waals surface area contributed by atoms with Gasteiger partial charge in [-0.3, -0.25) is 4.98 Å². The molecule has 0 aliphatic heterocycles. The van der Waals surface area contributed by atoms with Crippen molar-refractivity contribution in [1.82, 2.24) is 4.98 Å². The molecular weight excluding hydrogens is 186 g/mol. The fourth-order valence-electron chi connectivity index (χ4n) is 1.44. The van der Waals surface area contributed by atoms with Crippen LogP contribution in [0.15, 0.2) is 18.3 Å². The fourth-order valence-corrected chi connectivity index (χ4v) is 1.44. The Morgan fingerprint density at radius 3 is 2.79 bits per heavy atom. The molecule has 1 heterocycles. The molecule has 1 aromatic carbocycles. The number of halogens is 2. The first-order valence-corrected chi connectivity index (χ1v) is 4.10. The van der Waals surface area contributed by atoms with Crippen molar-refractivity contribution in [2.45, 2.75) is 6.92 Å². The van der Waals surface area contributed by atoms with Gasteiger partial charge in [-0.25, -0.2) is 8.78 Å². The number of hydrogen-bond acceptors (Lipinski definition) is 2. The molecule has 0 bridgehead atoms. The first-order valence-electron chi connectivity index (χ1n) is 4.10. The van der Waals surface area contributed by atoms with E-state index in [0.29, 0.717) is 11.1 Å². The first kappa shape index (κ1) is 8.87. The Morgan fingerprint density at radius 1 is 1.36 bits per heavy atom. The largest absolute Gasteiger partial charge is 0.397 e. The first-order chi connectivity index (χ1) is 6.61. The molecule has 0 fully saturated rings. The summed E-state index contributed by atoms with van der Waals surface area (Å²) in [7, 11) is 0. The van der Waals surface area contributed by atoms with E-state index in [-0.39, 0.29) is 11.1 Å². The lowest BCUT2D eigenvalue weighted by Gasteiger charge is -2.05. The molecule has 4 heteroatoms. The van der Waals surface area contributed by atoms with Gasteiger partial charge in [-0.05, 0) is 18.6 Å². The summed E-state index contributed by atoms with van der Waals surface area (Å²) in [4.78, 5) is 3.91. The van der Waals surface area contributed by atoms with E-state index in [1.54, 1.807) is 13.0 Å². The summed E-state index contributed by atoms with van der Waals surface area (Å²) in [5.74, 6) is -1.83. The van der Waals surface area contributed by atoms with Crippen molar-refractivity contribution in [2.24, 2.45) is 0 Å². The second-order valence-corrected chi connectivity index (χ2v) is 3.11. The van der Waals surface area contributed by atoms with E-state index in [1.165, 1.54) is 6.20 Å². The third-order valence-corrected chi connectivity index (χ3v) is 2.14. The number of fused-ring (bicyclic) bond motifs is 1. The molecule has 14 heavy (non-hydrogen) atoms. The van der Waals surface area contributed by atoms with Crippen molar-refractivity contribution in [3.05, 3.63) is 35.5 Å². The summed E-state index contributed by atoms with van der Waals surface area (Å²) in [6.07, 6.45) is 1.52. The molecule has 0 saturated heterocycles. The van der Waals surface area contributed by atoms with E-state index in [2.05, 4.69) is 4.98 Å². The van der Waals surface area contributed by atoms with Crippen LogP contribution >= 0.6 is 0 Å². The Hall–Kier alpha value is -1.71. The van der Waals surface area contributed by atoms with Crippen LogP contribution in [0.25, 0.3) is 10.9 Å². The van der Waals surface area contributed by atoms with E-state index in [9.17, 15) is 8.78 Å². The van der Waals surface area contributed by atoms with Crippen molar-refractivity contribution >= 4 is 16.6 Å². The molecule has 0 spiro atoms. The molecule has 72 valence electrons. The Kier molecular flexibility index (Phi) is 1.84. The van der Waals surface area contributed by atoms with Crippen LogP contribution in [0.1, 0.15) is 5.56 Å². The third-order valence-electron chi connectivity index (χ3n) is 2.14. The lowest BCUT2D eigenvalue weighted by molar-refractivity contribution is 0.517. The Morgan fingerprint density at radius 2 is 2.07 bits per heavy atom. The van der Waals surface area contributed by atoms with Gasteiger partial charge in [-0.1, -0.05) is 0 Å². The second-order valence-electron chi connectivity index (χ2n) is 3.11. The smallest absolute Gasteiger partial charge is 0.168 e. The maximum absolute atomic E-state index is 13.4. The highest BCUT2D eigenvalue weighted by Gasteiger charge is 2.12. The molecule has 0 aliphatic carbocycles. The van der Waals surface area contributed by atoms with Crippen molar-refractivity contribution in [3.8, 4) is 0 Å². The minimum atomic E-state index is -0.939. The number of aryl methyl sites for hydroxylation is 1. The van der Waals surface area contributed by atoms with Gasteiger partial charge in [0.25, 0.3) is 0 Å². The summed E-state index contributed by atoms with van der Waals surface area (Å²) >= 11 is 0. The molecule has 2 nitrogen and oxygen atoms in total. The zero-order valence-electron chi connectivity index (χ0n) is 7.51. The van der Waals surface area contributed by atoms with Crippen molar-refractivity contribution in [3.63, 3.8) is 0 Å². The number of nitrogens with zero attached hydrogens (tertiary/aromatic N) is 1. The van der Waals surface area contributed by atoms with E-state index in [0.717, 1.165) is 6.07 Å². The molecule has 2 N–H and O–H groups in total. The number of rotatable bonds is 0. The predicted molar refractivity (Wildman–Crippen MR) is 50.8 cm³/mol. The van der Waals surface area contributed by atoms with Crippen LogP contribution in [0.5, 0.6) is 0 Å². The Balaban J connectivity index is 3.03. The highest BCUT2D eigenvalue weighted by atomic mass is 19.2. The number of pyridine rings is 1. The average molecular weight is 194 g/mol. The van der Waals surface area contributed by atoms with Crippen LogP contribution < -0.4 is 5.73 Å². The molecule has 1 aromatic heterocycles. The van der Waals surface area contributed by atoms with Gasteiger partial charge in [0.2, 0.25) is 0 Å². The van der Waals surface area contributed by atoms with Crippen molar-refractivity contribution < 1.29 is 8.78 Å². The molecule has 0 unspecified atom stereocenters. The summed E-state index contributed by atoms with van der Waals surface area (Å²) in [6.45, 7) is 1.69. The lowest BCUT2D eigenvalue weighted by Crippen LogP contribution is -1.97. The van der Waals surface area contributed by atoms with Crippen LogP contribution in [0, 0.1) is 18.6 Å². The molecule has 2 rings (SSSR count). The number of nitrogens with two attached hydrogens (primary N) is 1.